The van der Waals surface area contributed by atoms with E-state index in [1.165, 1.54) is 25.7 Å². The van der Waals surface area contributed by atoms with Crippen molar-refractivity contribution in [2.75, 3.05) is 13.2 Å². The highest BCUT2D eigenvalue weighted by molar-refractivity contribution is 4.92. The van der Waals surface area contributed by atoms with Crippen molar-refractivity contribution in [3.05, 3.63) is 0 Å². The fourth-order valence-corrected chi connectivity index (χ4v) is 4.35. The van der Waals surface area contributed by atoms with Gasteiger partial charge in [0, 0.05) is 19.2 Å². The summed E-state index contributed by atoms with van der Waals surface area (Å²) in [6.07, 6.45) is 5.66. The minimum Gasteiger partial charge on any atom is -0.378 e. The second kappa shape index (κ2) is 5.13. The van der Waals surface area contributed by atoms with E-state index in [0.29, 0.717) is 23.0 Å². The quantitative estimate of drug-likeness (QED) is 0.829. The Hall–Kier alpha value is -0.0800. The zero-order valence-electron chi connectivity index (χ0n) is 12.9. The van der Waals surface area contributed by atoms with Crippen molar-refractivity contribution >= 4 is 0 Å². The van der Waals surface area contributed by atoms with E-state index in [-0.39, 0.29) is 0 Å². The van der Waals surface area contributed by atoms with Gasteiger partial charge in [0.1, 0.15) is 0 Å². The average Bonchev–Trinajstić information content (AvgIpc) is 2.56. The van der Waals surface area contributed by atoms with Gasteiger partial charge in [-0.15, -0.1) is 0 Å². The molecule has 0 bridgehead atoms. The Kier molecular flexibility index (Phi) is 4.08. The molecule has 2 nitrogen and oxygen atoms in total. The first-order valence-electron chi connectivity index (χ1n) is 7.62. The molecule has 106 valence electrons. The molecule has 1 saturated carbocycles. The van der Waals surface area contributed by atoms with E-state index in [4.69, 9.17) is 4.74 Å². The molecule has 1 aliphatic carbocycles. The van der Waals surface area contributed by atoms with E-state index in [9.17, 15) is 0 Å². The fraction of sp³-hybridized carbons (Fsp3) is 1.00. The minimum atomic E-state index is 0.446. The van der Waals surface area contributed by atoms with Crippen LogP contribution in [0.25, 0.3) is 0 Å². The predicted molar refractivity (Wildman–Crippen MR) is 76.7 cm³/mol. The van der Waals surface area contributed by atoms with Crippen LogP contribution in [-0.4, -0.2) is 25.3 Å². The van der Waals surface area contributed by atoms with Crippen LogP contribution in [0.4, 0.5) is 0 Å². The van der Waals surface area contributed by atoms with Gasteiger partial charge < -0.3 is 10.1 Å². The summed E-state index contributed by atoms with van der Waals surface area (Å²) in [4.78, 5) is 0. The van der Waals surface area contributed by atoms with Crippen molar-refractivity contribution in [3.8, 4) is 0 Å². The Morgan fingerprint density at radius 2 is 1.72 bits per heavy atom. The van der Waals surface area contributed by atoms with Crippen LogP contribution < -0.4 is 5.32 Å². The monoisotopic (exact) mass is 253 g/mol. The number of nitrogens with one attached hydrogen (secondary N) is 1. The van der Waals surface area contributed by atoms with Crippen LogP contribution in [0.2, 0.25) is 0 Å². The number of hydrogen-bond acceptors (Lipinski definition) is 2. The van der Waals surface area contributed by atoms with Crippen molar-refractivity contribution in [1.82, 2.24) is 5.32 Å². The molecule has 1 aliphatic heterocycles. The summed E-state index contributed by atoms with van der Waals surface area (Å²) < 4.78 is 5.65. The second-order valence-electron chi connectivity index (χ2n) is 8.14. The van der Waals surface area contributed by atoms with Crippen LogP contribution in [0.3, 0.4) is 0 Å². The normalized spacial score (nSPS) is 35.8. The van der Waals surface area contributed by atoms with Crippen molar-refractivity contribution < 1.29 is 4.74 Å². The van der Waals surface area contributed by atoms with E-state index >= 15 is 0 Å². The second-order valence-corrected chi connectivity index (χ2v) is 8.14. The van der Waals surface area contributed by atoms with Crippen molar-refractivity contribution in [2.24, 2.45) is 16.7 Å². The van der Waals surface area contributed by atoms with Crippen LogP contribution in [0.15, 0.2) is 0 Å². The first kappa shape index (κ1) is 14.3. The summed E-state index contributed by atoms with van der Waals surface area (Å²) in [5, 5.41) is 3.83. The number of ether oxygens (including phenoxy) is 1. The highest BCUT2D eigenvalue weighted by Crippen LogP contribution is 2.45. The van der Waals surface area contributed by atoms with Crippen LogP contribution in [0.5, 0.6) is 0 Å². The molecule has 2 rings (SSSR count). The van der Waals surface area contributed by atoms with Gasteiger partial charge in [-0.3, -0.25) is 0 Å². The van der Waals surface area contributed by atoms with E-state index in [2.05, 4.69) is 39.9 Å². The lowest BCUT2D eigenvalue weighted by molar-refractivity contribution is 0.0769. The Morgan fingerprint density at radius 1 is 1.11 bits per heavy atom. The minimum absolute atomic E-state index is 0.446. The van der Waals surface area contributed by atoms with Crippen LogP contribution in [0, 0.1) is 16.7 Å². The van der Waals surface area contributed by atoms with Gasteiger partial charge in [-0.1, -0.05) is 27.7 Å². The maximum absolute atomic E-state index is 5.65. The highest BCUT2D eigenvalue weighted by atomic mass is 16.5. The molecule has 2 atom stereocenters. The third-order valence-corrected chi connectivity index (χ3v) is 4.76. The molecule has 0 aromatic rings. The van der Waals surface area contributed by atoms with Gasteiger partial charge in [-0.05, 0) is 49.4 Å². The maximum Gasteiger partial charge on any atom is 0.0588 e. The molecular formula is C16H31NO. The Balaban J connectivity index is 1.85. The molecule has 0 aromatic heterocycles. The summed E-state index contributed by atoms with van der Waals surface area (Å²) >= 11 is 0. The Morgan fingerprint density at radius 3 is 2.22 bits per heavy atom. The first-order valence-corrected chi connectivity index (χ1v) is 7.62. The predicted octanol–water partition coefficient (Wildman–Crippen LogP) is 3.61. The molecule has 2 aliphatic rings. The molecule has 2 unspecified atom stereocenters. The van der Waals surface area contributed by atoms with Crippen molar-refractivity contribution in [3.63, 3.8) is 0 Å². The van der Waals surface area contributed by atoms with E-state index in [1.807, 2.05) is 0 Å². The molecule has 1 heterocycles. The molecule has 2 heteroatoms. The zero-order valence-corrected chi connectivity index (χ0v) is 12.9. The van der Waals surface area contributed by atoms with E-state index in [0.717, 1.165) is 19.1 Å². The number of hydrogen-bond donors (Lipinski definition) is 1. The molecule has 1 N–H and O–H groups in total. The molecule has 2 fully saturated rings. The van der Waals surface area contributed by atoms with Crippen LogP contribution in [0.1, 0.15) is 60.3 Å². The first-order chi connectivity index (χ1) is 8.27. The Bertz CT molecular complexity index is 269. The van der Waals surface area contributed by atoms with E-state index < -0.39 is 0 Å². The van der Waals surface area contributed by atoms with Crippen LogP contribution >= 0.6 is 0 Å². The Labute approximate surface area is 113 Å². The fourth-order valence-electron chi connectivity index (χ4n) is 4.35. The van der Waals surface area contributed by atoms with Crippen molar-refractivity contribution in [2.45, 2.75) is 72.4 Å². The zero-order chi connectivity index (χ0) is 13.4. The SMILES string of the molecule is CC1OCCC1CNC1CC(C)(C)CC(C)(C)C1. The van der Waals surface area contributed by atoms with Gasteiger partial charge in [-0.2, -0.15) is 0 Å². The molecule has 0 spiro atoms. The summed E-state index contributed by atoms with van der Waals surface area (Å²) in [7, 11) is 0. The van der Waals surface area contributed by atoms with E-state index in [1.54, 1.807) is 0 Å². The molecule has 0 amide bonds. The molecular weight excluding hydrogens is 222 g/mol. The standard InChI is InChI=1S/C16H31NO/c1-12-13(6-7-18-12)10-17-14-8-15(2,3)11-16(4,5)9-14/h12-14,17H,6-11H2,1-5H3. The summed E-state index contributed by atoms with van der Waals surface area (Å²) in [5.74, 6) is 0.721. The maximum atomic E-state index is 5.65. The van der Waals surface area contributed by atoms with Gasteiger partial charge in [-0.25, -0.2) is 0 Å². The van der Waals surface area contributed by atoms with Gasteiger partial charge >= 0.3 is 0 Å². The largest absolute Gasteiger partial charge is 0.378 e. The van der Waals surface area contributed by atoms with Crippen molar-refractivity contribution in [1.29, 1.82) is 0 Å². The smallest absolute Gasteiger partial charge is 0.0588 e. The third kappa shape index (κ3) is 3.71. The highest BCUT2D eigenvalue weighted by Gasteiger charge is 2.38. The van der Waals surface area contributed by atoms with Gasteiger partial charge in [0.15, 0.2) is 0 Å². The summed E-state index contributed by atoms with van der Waals surface area (Å²) in [5.41, 5.74) is 0.967. The molecule has 0 radical (unpaired) electrons. The molecule has 18 heavy (non-hydrogen) atoms. The topological polar surface area (TPSA) is 21.3 Å². The summed E-state index contributed by atoms with van der Waals surface area (Å²) in [6.45, 7) is 14.0. The third-order valence-electron chi connectivity index (χ3n) is 4.76. The van der Waals surface area contributed by atoms with Gasteiger partial charge in [0.25, 0.3) is 0 Å². The van der Waals surface area contributed by atoms with Crippen LogP contribution in [-0.2, 0) is 4.74 Å². The summed E-state index contributed by atoms with van der Waals surface area (Å²) in [6, 6.07) is 0.691. The number of rotatable bonds is 3. The lowest BCUT2D eigenvalue weighted by Crippen LogP contribution is -2.45. The molecule has 1 saturated heterocycles. The van der Waals surface area contributed by atoms with Gasteiger partial charge in [0.2, 0.25) is 0 Å². The average molecular weight is 253 g/mol. The lowest BCUT2D eigenvalue weighted by Gasteiger charge is -2.45. The molecule has 0 aromatic carbocycles. The lowest BCUT2D eigenvalue weighted by atomic mass is 9.63. The van der Waals surface area contributed by atoms with Gasteiger partial charge in [0.05, 0.1) is 6.10 Å².